The van der Waals surface area contributed by atoms with Gasteiger partial charge in [-0.05, 0) is 55.7 Å². The smallest absolute Gasteiger partial charge is 0.0439 e. The van der Waals surface area contributed by atoms with E-state index in [1.807, 2.05) is 13.1 Å². The first-order chi connectivity index (χ1) is 8.20. The van der Waals surface area contributed by atoms with Gasteiger partial charge in [0, 0.05) is 17.8 Å². The molecule has 0 aliphatic heterocycles. The van der Waals surface area contributed by atoms with Crippen LogP contribution in [0.15, 0.2) is 12.3 Å². The fourth-order valence-corrected chi connectivity index (χ4v) is 2.66. The van der Waals surface area contributed by atoms with Crippen LogP contribution in [0.3, 0.4) is 0 Å². The lowest BCUT2D eigenvalue weighted by Crippen LogP contribution is -2.17. The first-order valence-corrected chi connectivity index (χ1v) is 6.58. The Morgan fingerprint density at radius 1 is 1.47 bits per heavy atom. The summed E-state index contributed by atoms with van der Waals surface area (Å²) in [5.41, 5.74) is 4.30. The molecule has 0 amide bonds. The van der Waals surface area contributed by atoms with Crippen LogP contribution < -0.4 is 0 Å². The van der Waals surface area contributed by atoms with E-state index in [1.54, 1.807) is 0 Å². The summed E-state index contributed by atoms with van der Waals surface area (Å²) in [6.07, 6.45) is 6.51. The van der Waals surface area contributed by atoms with Gasteiger partial charge in [0.15, 0.2) is 0 Å². The molecular formula is C16H21N. The van der Waals surface area contributed by atoms with Crippen molar-refractivity contribution in [3.8, 4) is 11.8 Å². The molecule has 1 aromatic heterocycles. The standard InChI is InChI=1S/C16H21N/c1-4-5-13-6-7-16-15(11-13)14(8-9-17-16)10-12(2)3/h8-9,12-13H,6-7,10-11H2,1-3H3. The van der Waals surface area contributed by atoms with E-state index >= 15 is 0 Å². The summed E-state index contributed by atoms with van der Waals surface area (Å²) >= 11 is 0. The van der Waals surface area contributed by atoms with Gasteiger partial charge in [0.2, 0.25) is 0 Å². The van der Waals surface area contributed by atoms with Crippen LogP contribution in [0.5, 0.6) is 0 Å². The highest BCUT2D eigenvalue weighted by atomic mass is 14.7. The van der Waals surface area contributed by atoms with Crippen molar-refractivity contribution in [1.82, 2.24) is 4.98 Å². The van der Waals surface area contributed by atoms with Crippen molar-refractivity contribution >= 4 is 0 Å². The highest BCUT2D eigenvalue weighted by Crippen LogP contribution is 2.27. The average Bonchev–Trinajstić information content (AvgIpc) is 2.29. The molecule has 17 heavy (non-hydrogen) atoms. The van der Waals surface area contributed by atoms with Gasteiger partial charge >= 0.3 is 0 Å². The van der Waals surface area contributed by atoms with Gasteiger partial charge in [-0.15, -0.1) is 5.92 Å². The summed E-state index contributed by atoms with van der Waals surface area (Å²) < 4.78 is 0. The molecular weight excluding hydrogens is 206 g/mol. The van der Waals surface area contributed by atoms with E-state index in [0.29, 0.717) is 11.8 Å². The van der Waals surface area contributed by atoms with E-state index < -0.39 is 0 Å². The molecule has 0 saturated heterocycles. The normalized spacial score (nSPS) is 18.5. The molecule has 1 atom stereocenters. The number of nitrogens with zero attached hydrogens (tertiary/aromatic N) is 1. The molecule has 1 aliphatic carbocycles. The quantitative estimate of drug-likeness (QED) is 0.706. The Hall–Kier alpha value is -1.29. The second-order valence-corrected chi connectivity index (χ2v) is 5.33. The third-order valence-corrected chi connectivity index (χ3v) is 3.40. The van der Waals surface area contributed by atoms with Crippen LogP contribution in [0.1, 0.15) is 44.0 Å². The first kappa shape index (κ1) is 12.2. The predicted octanol–water partition coefficient (Wildman–Crippen LogP) is 3.41. The fraction of sp³-hybridized carbons (Fsp3) is 0.562. The van der Waals surface area contributed by atoms with E-state index in [9.17, 15) is 0 Å². The van der Waals surface area contributed by atoms with Gasteiger partial charge in [-0.2, -0.15) is 0 Å². The zero-order valence-corrected chi connectivity index (χ0v) is 11.1. The maximum Gasteiger partial charge on any atom is 0.0439 e. The lowest BCUT2D eigenvalue weighted by molar-refractivity contribution is 0.548. The van der Waals surface area contributed by atoms with Crippen LogP contribution in [0.2, 0.25) is 0 Å². The number of aromatic nitrogens is 1. The zero-order valence-electron chi connectivity index (χ0n) is 11.1. The summed E-state index contributed by atoms with van der Waals surface area (Å²) in [7, 11) is 0. The maximum atomic E-state index is 4.53. The van der Waals surface area contributed by atoms with Crippen molar-refractivity contribution in [2.75, 3.05) is 0 Å². The van der Waals surface area contributed by atoms with Crippen molar-refractivity contribution in [3.05, 3.63) is 29.1 Å². The maximum absolute atomic E-state index is 4.53. The van der Waals surface area contributed by atoms with Gasteiger partial charge < -0.3 is 0 Å². The van der Waals surface area contributed by atoms with Crippen LogP contribution in [0.4, 0.5) is 0 Å². The van der Waals surface area contributed by atoms with E-state index in [2.05, 4.69) is 36.7 Å². The van der Waals surface area contributed by atoms with Crippen molar-refractivity contribution < 1.29 is 0 Å². The fourth-order valence-electron chi connectivity index (χ4n) is 2.66. The van der Waals surface area contributed by atoms with E-state index in [1.165, 1.54) is 23.2 Å². The van der Waals surface area contributed by atoms with Gasteiger partial charge in [0.05, 0.1) is 0 Å². The monoisotopic (exact) mass is 227 g/mol. The molecule has 0 radical (unpaired) electrons. The molecule has 1 nitrogen and oxygen atoms in total. The lowest BCUT2D eigenvalue weighted by Gasteiger charge is -2.23. The minimum Gasteiger partial charge on any atom is -0.261 e. The first-order valence-electron chi connectivity index (χ1n) is 6.58. The summed E-state index contributed by atoms with van der Waals surface area (Å²) in [5.74, 6) is 7.64. The number of pyridine rings is 1. The van der Waals surface area contributed by atoms with Crippen LogP contribution in [-0.2, 0) is 19.3 Å². The Bertz CT molecular complexity index is 448. The summed E-state index contributed by atoms with van der Waals surface area (Å²) in [6, 6.07) is 2.20. The molecule has 1 aliphatic rings. The molecule has 2 rings (SSSR count). The summed E-state index contributed by atoms with van der Waals surface area (Å²) in [6.45, 7) is 6.49. The summed E-state index contributed by atoms with van der Waals surface area (Å²) in [4.78, 5) is 4.53. The third-order valence-electron chi connectivity index (χ3n) is 3.40. The lowest BCUT2D eigenvalue weighted by atomic mass is 9.83. The minimum absolute atomic E-state index is 0.544. The zero-order chi connectivity index (χ0) is 12.3. The van der Waals surface area contributed by atoms with Crippen LogP contribution in [0, 0.1) is 23.7 Å². The Labute approximate surface area is 105 Å². The number of hydrogen-bond acceptors (Lipinski definition) is 1. The number of rotatable bonds is 2. The molecule has 1 heterocycles. The van der Waals surface area contributed by atoms with Gasteiger partial charge in [-0.25, -0.2) is 0 Å². The highest BCUT2D eigenvalue weighted by Gasteiger charge is 2.20. The molecule has 0 N–H and O–H groups in total. The number of fused-ring (bicyclic) bond motifs is 1. The molecule has 90 valence electrons. The Morgan fingerprint density at radius 3 is 3.00 bits per heavy atom. The molecule has 0 spiro atoms. The Balaban J connectivity index is 2.28. The molecule has 1 heteroatoms. The Morgan fingerprint density at radius 2 is 2.29 bits per heavy atom. The number of aryl methyl sites for hydroxylation is 1. The molecule has 1 aromatic rings. The molecule has 1 unspecified atom stereocenters. The van der Waals surface area contributed by atoms with Crippen LogP contribution in [0.25, 0.3) is 0 Å². The third kappa shape index (κ3) is 2.88. The van der Waals surface area contributed by atoms with E-state index in [4.69, 9.17) is 0 Å². The highest BCUT2D eigenvalue weighted by molar-refractivity contribution is 5.34. The van der Waals surface area contributed by atoms with E-state index in [-0.39, 0.29) is 0 Å². The molecule has 0 saturated carbocycles. The molecule has 0 fully saturated rings. The Kier molecular flexibility index (Phi) is 3.84. The summed E-state index contributed by atoms with van der Waals surface area (Å²) in [5, 5.41) is 0. The van der Waals surface area contributed by atoms with E-state index in [0.717, 1.165) is 19.3 Å². The predicted molar refractivity (Wildman–Crippen MR) is 71.7 cm³/mol. The van der Waals surface area contributed by atoms with Gasteiger partial charge in [-0.3, -0.25) is 4.98 Å². The SMILES string of the molecule is CC#CC1CCc2nccc(CC(C)C)c2C1. The second-order valence-electron chi connectivity index (χ2n) is 5.33. The molecule has 0 bridgehead atoms. The number of hydrogen-bond donors (Lipinski definition) is 0. The topological polar surface area (TPSA) is 12.9 Å². The van der Waals surface area contributed by atoms with Gasteiger partial charge in [0.25, 0.3) is 0 Å². The minimum atomic E-state index is 0.544. The van der Waals surface area contributed by atoms with Crippen LogP contribution >= 0.6 is 0 Å². The van der Waals surface area contributed by atoms with Crippen molar-refractivity contribution in [2.24, 2.45) is 11.8 Å². The van der Waals surface area contributed by atoms with Crippen molar-refractivity contribution in [2.45, 2.75) is 46.5 Å². The van der Waals surface area contributed by atoms with Gasteiger partial charge in [-0.1, -0.05) is 19.8 Å². The molecule has 0 aromatic carbocycles. The van der Waals surface area contributed by atoms with Gasteiger partial charge in [0.1, 0.15) is 0 Å². The second kappa shape index (κ2) is 5.36. The van der Waals surface area contributed by atoms with Crippen LogP contribution in [-0.4, -0.2) is 4.98 Å². The average molecular weight is 227 g/mol. The van der Waals surface area contributed by atoms with Crippen molar-refractivity contribution in [3.63, 3.8) is 0 Å². The van der Waals surface area contributed by atoms with Crippen molar-refractivity contribution in [1.29, 1.82) is 0 Å². The largest absolute Gasteiger partial charge is 0.261 e.